The van der Waals surface area contributed by atoms with E-state index in [9.17, 15) is 4.79 Å². The van der Waals surface area contributed by atoms with Gasteiger partial charge in [0.1, 0.15) is 6.54 Å². The van der Waals surface area contributed by atoms with Crippen LogP contribution < -0.4 is 5.32 Å². The fourth-order valence-corrected chi connectivity index (χ4v) is 2.86. The lowest BCUT2D eigenvalue weighted by atomic mass is 10.0. The van der Waals surface area contributed by atoms with E-state index in [-0.39, 0.29) is 5.91 Å². The van der Waals surface area contributed by atoms with Gasteiger partial charge < -0.3 is 9.32 Å². The summed E-state index contributed by atoms with van der Waals surface area (Å²) >= 11 is 6.50. The number of benzene rings is 1. The van der Waals surface area contributed by atoms with Gasteiger partial charge in [0.2, 0.25) is 11.9 Å². The van der Waals surface area contributed by atoms with E-state index in [1.54, 1.807) is 12.5 Å². The van der Waals surface area contributed by atoms with Crippen molar-refractivity contribution in [2.45, 2.75) is 6.54 Å². The fourth-order valence-electron chi connectivity index (χ4n) is 2.53. The van der Waals surface area contributed by atoms with Crippen molar-refractivity contribution in [3.05, 3.63) is 41.3 Å². The highest BCUT2D eigenvalue weighted by molar-refractivity contribution is 6.34. The van der Waals surface area contributed by atoms with Crippen molar-refractivity contribution in [3.8, 4) is 11.1 Å². The Labute approximate surface area is 119 Å². The van der Waals surface area contributed by atoms with E-state index >= 15 is 0 Å². The molecule has 2 aliphatic rings. The van der Waals surface area contributed by atoms with E-state index < -0.39 is 0 Å². The second kappa shape index (κ2) is 4.11. The number of nitrogens with one attached hydrogen (secondary N) is 1. The molecule has 2 aliphatic heterocycles. The molecular formula is C14H10ClN3O2. The SMILES string of the molecule is O=C1CN2Cc3c(ccc(-c4ccoc4)c3Cl)N=C2N1. The maximum Gasteiger partial charge on any atom is 0.246 e. The van der Waals surface area contributed by atoms with Crippen LogP contribution in [0.1, 0.15) is 5.56 Å². The summed E-state index contributed by atoms with van der Waals surface area (Å²) < 4.78 is 5.10. The van der Waals surface area contributed by atoms with Crippen LogP contribution in [0.2, 0.25) is 5.02 Å². The average Bonchev–Trinajstić information content (AvgIpc) is 3.05. The maximum absolute atomic E-state index is 11.4. The smallest absolute Gasteiger partial charge is 0.246 e. The van der Waals surface area contributed by atoms with Gasteiger partial charge >= 0.3 is 0 Å². The minimum absolute atomic E-state index is 0.0391. The molecule has 0 atom stereocenters. The van der Waals surface area contributed by atoms with Gasteiger partial charge in [0, 0.05) is 23.2 Å². The van der Waals surface area contributed by atoms with E-state index in [0.29, 0.717) is 24.1 Å². The van der Waals surface area contributed by atoms with E-state index in [4.69, 9.17) is 16.0 Å². The van der Waals surface area contributed by atoms with Crippen LogP contribution in [-0.2, 0) is 11.3 Å². The van der Waals surface area contributed by atoms with E-state index in [1.165, 1.54) is 0 Å². The lowest BCUT2D eigenvalue weighted by Crippen LogP contribution is -2.32. The number of carbonyl (C=O) groups excluding carboxylic acids is 1. The van der Waals surface area contributed by atoms with Crippen LogP contribution in [0.3, 0.4) is 0 Å². The van der Waals surface area contributed by atoms with Crippen molar-refractivity contribution in [1.82, 2.24) is 10.2 Å². The Balaban J connectivity index is 1.83. The zero-order valence-corrected chi connectivity index (χ0v) is 11.1. The molecule has 100 valence electrons. The molecule has 0 saturated carbocycles. The number of nitrogens with zero attached hydrogens (tertiary/aromatic N) is 2. The molecule has 1 aromatic carbocycles. The van der Waals surface area contributed by atoms with Crippen molar-refractivity contribution in [2.75, 3.05) is 6.54 Å². The molecule has 1 N–H and O–H groups in total. The molecule has 20 heavy (non-hydrogen) atoms. The van der Waals surface area contributed by atoms with Crippen LogP contribution in [0.4, 0.5) is 5.69 Å². The number of aliphatic imine (C=N–C) groups is 1. The normalized spacial score (nSPS) is 16.6. The molecule has 0 bridgehead atoms. The summed E-state index contributed by atoms with van der Waals surface area (Å²) in [5, 5.41) is 3.40. The van der Waals surface area contributed by atoms with Crippen molar-refractivity contribution in [3.63, 3.8) is 0 Å². The second-order valence-corrected chi connectivity index (χ2v) is 5.15. The van der Waals surface area contributed by atoms with Gasteiger partial charge in [0.05, 0.1) is 23.2 Å². The number of furan rings is 1. The minimum atomic E-state index is -0.0391. The third kappa shape index (κ3) is 1.63. The Morgan fingerprint density at radius 2 is 2.20 bits per heavy atom. The van der Waals surface area contributed by atoms with Gasteiger partial charge in [-0.15, -0.1) is 0 Å². The lowest BCUT2D eigenvalue weighted by molar-refractivity contribution is -0.118. The number of rotatable bonds is 1. The molecule has 6 heteroatoms. The number of hydrogen-bond acceptors (Lipinski definition) is 4. The largest absolute Gasteiger partial charge is 0.472 e. The Hall–Kier alpha value is -2.27. The number of halogens is 1. The van der Waals surface area contributed by atoms with Gasteiger partial charge in [0.25, 0.3) is 0 Å². The maximum atomic E-state index is 11.4. The first-order valence-electron chi connectivity index (χ1n) is 6.20. The van der Waals surface area contributed by atoms with Crippen molar-refractivity contribution < 1.29 is 9.21 Å². The van der Waals surface area contributed by atoms with Crippen LogP contribution >= 0.6 is 11.6 Å². The fraction of sp³-hybridized carbons (Fsp3) is 0.143. The summed E-state index contributed by atoms with van der Waals surface area (Å²) in [6.07, 6.45) is 3.27. The monoisotopic (exact) mass is 287 g/mol. The summed E-state index contributed by atoms with van der Waals surface area (Å²) in [5.74, 6) is 0.567. The summed E-state index contributed by atoms with van der Waals surface area (Å²) in [5.41, 5.74) is 3.58. The molecule has 0 unspecified atom stereocenters. The zero-order valence-electron chi connectivity index (χ0n) is 10.4. The van der Waals surface area contributed by atoms with Crippen LogP contribution in [0.5, 0.6) is 0 Å². The predicted octanol–water partition coefficient (Wildman–Crippen LogP) is 2.53. The van der Waals surface area contributed by atoms with E-state index in [1.807, 2.05) is 23.1 Å². The molecular weight excluding hydrogens is 278 g/mol. The quantitative estimate of drug-likeness (QED) is 0.877. The molecule has 2 aromatic rings. The highest BCUT2D eigenvalue weighted by atomic mass is 35.5. The number of fused-ring (bicyclic) bond motifs is 2. The summed E-state index contributed by atoms with van der Waals surface area (Å²) in [6.45, 7) is 0.905. The third-order valence-corrected chi connectivity index (χ3v) is 3.94. The minimum Gasteiger partial charge on any atom is -0.472 e. The molecule has 1 fully saturated rings. The van der Waals surface area contributed by atoms with E-state index in [0.717, 1.165) is 22.4 Å². The Kier molecular flexibility index (Phi) is 2.37. The van der Waals surface area contributed by atoms with Crippen molar-refractivity contribution in [2.24, 2.45) is 4.99 Å². The van der Waals surface area contributed by atoms with Gasteiger partial charge in [-0.1, -0.05) is 17.7 Å². The first-order chi connectivity index (χ1) is 9.72. The number of amides is 1. The second-order valence-electron chi connectivity index (χ2n) is 4.78. The summed E-state index contributed by atoms with van der Waals surface area (Å²) in [4.78, 5) is 17.7. The molecule has 3 heterocycles. The Morgan fingerprint density at radius 1 is 1.30 bits per heavy atom. The van der Waals surface area contributed by atoms with Crippen molar-refractivity contribution >= 4 is 29.2 Å². The molecule has 1 saturated heterocycles. The first kappa shape index (κ1) is 11.5. The standard InChI is InChI=1S/C14H10ClN3O2/c15-13-9(8-3-4-20-7-8)1-2-11-10(13)5-18-6-12(19)17-14(18)16-11/h1-4,7H,5-6H2,(H,16,17,19). The molecule has 0 radical (unpaired) electrons. The van der Waals surface area contributed by atoms with E-state index in [2.05, 4.69) is 10.3 Å². The number of guanidine groups is 1. The third-order valence-electron chi connectivity index (χ3n) is 3.51. The first-order valence-corrected chi connectivity index (χ1v) is 6.57. The number of hydrogen-bond donors (Lipinski definition) is 1. The topological polar surface area (TPSA) is 57.8 Å². The molecule has 1 aromatic heterocycles. The molecule has 0 spiro atoms. The molecule has 0 aliphatic carbocycles. The van der Waals surface area contributed by atoms with Crippen LogP contribution in [-0.4, -0.2) is 23.3 Å². The predicted molar refractivity (Wildman–Crippen MR) is 74.8 cm³/mol. The summed E-state index contributed by atoms with van der Waals surface area (Å²) in [7, 11) is 0. The lowest BCUT2D eigenvalue weighted by Gasteiger charge is -2.24. The molecule has 1 amide bonds. The number of carbonyl (C=O) groups is 1. The van der Waals surface area contributed by atoms with Gasteiger partial charge in [-0.3, -0.25) is 10.1 Å². The van der Waals surface area contributed by atoms with Gasteiger partial charge in [-0.25, -0.2) is 4.99 Å². The Morgan fingerprint density at radius 3 is 3.00 bits per heavy atom. The van der Waals surface area contributed by atoms with Gasteiger partial charge in [-0.05, 0) is 12.1 Å². The molecule has 4 rings (SSSR count). The van der Waals surface area contributed by atoms with Gasteiger partial charge in [0.15, 0.2) is 0 Å². The zero-order chi connectivity index (χ0) is 13.7. The van der Waals surface area contributed by atoms with Gasteiger partial charge in [-0.2, -0.15) is 0 Å². The molecule has 5 nitrogen and oxygen atoms in total. The highest BCUT2D eigenvalue weighted by Crippen LogP contribution is 2.39. The summed E-state index contributed by atoms with van der Waals surface area (Å²) in [6, 6.07) is 5.70. The van der Waals surface area contributed by atoms with Crippen LogP contribution in [0.15, 0.2) is 40.1 Å². The Bertz CT molecular complexity index is 737. The average molecular weight is 288 g/mol. The highest BCUT2D eigenvalue weighted by Gasteiger charge is 2.30. The van der Waals surface area contributed by atoms with Crippen LogP contribution in [0.25, 0.3) is 11.1 Å². The van der Waals surface area contributed by atoms with Crippen LogP contribution in [0, 0.1) is 0 Å². The van der Waals surface area contributed by atoms with Crippen molar-refractivity contribution in [1.29, 1.82) is 0 Å².